The number of benzene rings is 1. The lowest BCUT2D eigenvalue weighted by atomic mass is 10.2. The van der Waals surface area contributed by atoms with Crippen LogP contribution in [0.2, 0.25) is 0 Å². The first-order chi connectivity index (χ1) is 14.2. The molecule has 1 amide bonds. The van der Waals surface area contributed by atoms with Gasteiger partial charge in [-0.15, -0.1) is 10.2 Å². The van der Waals surface area contributed by atoms with E-state index >= 15 is 0 Å². The Kier molecular flexibility index (Phi) is 5.66. The van der Waals surface area contributed by atoms with Crippen LogP contribution < -0.4 is 5.84 Å². The average molecular weight is 409 g/mol. The van der Waals surface area contributed by atoms with E-state index in [2.05, 4.69) is 10.2 Å². The maximum atomic E-state index is 12.9. The highest BCUT2D eigenvalue weighted by molar-refractivity contribution is 7.99. The first kappa shape index (κ1) is 18.9. The number of hydrogen-bond donors (Lipinski definition) is 1. The van der Waals surface area contributed by atoms with Gasteiger partial charge in [0.1, 0.15) is 5.76 Å². The van der Waals surface area contributed by atoms with Crippen molar-refractivity contribution >= 4 is 17.7 Å². The molecule has 29 heavy (non-hydrogen) atoms. The van der Waals surface area contributed by atoms with Gasteiger partial charge in [0.05, 0.1) is 24.8 Å². The fourth-order valence-corrected chi connectivity index (χ4v) is 3.55. The number of nitrogen functional groups attached to an aromatic ring is 1. The van der Waals surface area contributed by atoms with Gasteiger partial charge in [-0.3, -0.25) is 4.79 Å². The number of nitrogens with zero attached hydrogens (tertiary/aromatic N) is 4. The van der Waals surface area contributed by atoms with Crippen LogP contribution in [0, 0.1) is 0 Å². The van der Waals surface area contributed by atoms with Crippen LogP contribution in [-0.4, -0.2) is 31.4 Å². The fraction of sp³-hybridized carbons (Fsp3) is 0.150. The number of furan rings is 2. The zero-order chi connectivity index (χ0) is 20.1. The first-order valence-corrected chi connectivity index (χ1v) is 9.90. The second-order valence-corrected chi connectivity index (χ2v) is 7.20. The molecule has 0 saturated heterocycles. The Morgan fingerprint density at radius 3 is 2.52 bits per heavy atom. The summed E-state index contributed by atoms with van der Waals surface area (Å²) in [5.74, 6) is 7.81. The Bertz CT molecular complexity index is 1050. The highest BCUT2D eigenvalue weighted by atomic mass is 32.2. The molecule has 3 heterocycles. The van der Waals surface area contributed by atoms with Crippen molar-refractivity contribution in [3.05, 3.63) is 78.4 Å². The number of aromatic nitrogens is 3. The van der Waals surface area contributed by atoms with Crippen molar-refractivity contribution in [3.8, 4) is 11.6 Å². The topological polar surface area (TPSA) is 103 Å². The predicted molar refractivity (Wildman–Crippen MR) is 108 cm³/mol. The number of nitrogens with two attached hydrogens (primary N) is 1. The number of carbonyl (C=O) groups excluding carboxylic acids is 1. The molecule has 0 fully saturated rings. The van der Waals surface area contributed by atoms with Crippen LogP contribution in [0.4, 0.5) is 0 Å². The molecule has 148 valence electrons. The molecule has 0 aliphatic carbocycles. The monoisotopic (exact) mass is 409 g/mol. The Balaban J connectivity index is 1.45. The zero-order valence-corrected chi connectivity index (χ0v) is 16.3. The highest BCUT2D eigenvalue weighted by Gasteiger charge is 2.19. The van der Waals surface area contributed by atoms with Crippen LogP contribution in [0.1, 0.15) is 11.3 Å². The summed E-state index contributed by atoms with van der Waals surface area (Å²) in [7, 11) is 0. The molecule has 3 aromatic heterocycles. The number of carbonyl (C=O) groups is 1. The number of amides is 1. The highest BCUT2D eigenvalue weighted by Crippen LogP contribution is 2.22. The van der Waals surface area contributed by atoms with Crippen molar-refractivity contribution in [2.24, 2.45) is 0 Å². The number of rotatable bonds is 8. The van der Waals surface area contributed by atoms with Crippen LogP contribution in [0.25, 0.3) is 11.6 Å². The van der Waals surface area contributed by atoms with E-state index in [1.54, 1.807) is 23.3 Å². The van der Waals surface area contributed by atoms with E-state index in [9.17, 15) is 4.79 Å². The minimum atomic E-state index is -0.0576. The molecule has 0 radical (unpaired) electrons. The summed E-state index contributed by atoms with van der Waals surface area (Å²) < 4.78 is 12.0. The molecule has 2 N–H and O–H groups in total. The van der Waals surface area contributed by atoms with Crippen molar-refractivity contribution < 1.29 is 13.6 Å². The Labute approximate surface area is 171 Å². The summed E-state index contributed by atoms with van der Waals surface area (Å²) >= 11 is 1.23. The lowest BCUT2D eigenvalue weighted by molar-refractivity contribution is -0.129. The summed E-state index contributed by atoms with van der Waals surface area (Å²) in [6, 6.07) is 17.0. The van der Waals surface area contributed by atoms with Crippen LogP contribution in [0.3, 0.4) is 0 Å². The third kappa shape index (κ3) is 4.52. The van der Waals surface area contributed by atoms with Crippen LogP contribution in [-0.2, 0) is 17.9 Å². The van der Waals surface area contributed by atoms with Gasteiger partial charge in [-0.1, -0.05) is 42.1 Å². The third-order valence-corrected chi connectivity index (χ3v) is 5.15. The summed E-state index contributed by atoms with van der Waals surface area (Å²) in [6.07, 6.45) is 3.14. The summed E-state index contributed by atoms with van der Waals surface area (Å²) in [5, 5.41) is 8.54. The van der Waals surface area contributed by atoms with Crippen LogP contribution in [0.15, 0.2) is 81.1 Å². The van der Waals surface area contributed by atoms with E-state index < -0.39 is 0 Å². The maximum Gasteiger partial charge on any atom is 0.233 e. The van der Waals surface area contributed by atoms with E-state index in [-0.39, 0.29) is 11.7 Å². The fourth-order valence-electron chi connectivity index (χ4n) is 2.79. The molecule has 1 aromatic carbocycles. The number of hydrogen-bond acceptors (Lipinski definition) is 7. The van der Waals surface area contributed by atoms with Gasteiger partial charge in [0, 0.05) is 6.54 Å². The summed E-state index contributed by atoms with van der Waals surface area (Å²) in [5.41, 5.74) is 1.04. The Hall–Kier alpha value is -3.46. The van der Waals surface area contributed by atoms with Crippen LogP contribution >= 0.6 is 11.8 Å². The third-order valence-electron chi connectivity index (χ3n) is 4.23. The molecule has 0 atom stereocenters. The molecule has 9 heteroatoms. The molecule has 0 saturated carbocycles. The molecule has 4 aromatic rings. The van der Waals surface area contributed by atoms with Gasteiger partial charge in [0.2, 0.25) is 16.9 Å². The second-order valence-electron chi connectivity index (χ2n) is 6.26. The van der Waals surface area contributed by atoms with Crippen molar-refractivity contribution in [2.75, 3.05) is 11.6 Å². The Morgan fingerprint density at radius 2 is 1.79 bits per heavy atom. The molecule has 0 bridgehead atoms. The van der Waals surface area contributed by atoms with Gasteiger partial charge in [-0.2, -0.15) is 0 Å². The second kappa shape index (κ2) is 8.70. The van der Waals surface area contributed by atoms with E-state index in [0.717, 1.165) is 11.3 Å². The quantitative estimate of drug-likeness (QED) is 0.352. The average Bonchev–Trinajstić information content (AvgIpc) is 3.49. The van der Waals surface area contributed by atoms with Crippen molar-refractivity contribution in [2.45, 2.75) is 18.2 Å². The van der Waals surface area contributed by atoms with Gasteiger partial charge in [0.15, 0.2) is 5.76 Å². The molecular weight excluding hydrogens is 390 g/mol. The Morgan fingerprint density at radius 1 is 1.00 bits per heavy atom. The van der Waals surface area contributed by atoms with Crippen molar-refractivity contribution in [3.63, 3.8) is 0 Å². The van der Waals surface area contributed by atoms with E-state index in [4.69, 9.17) is 14.7 Å². The molecule has 4 rings (SSSR count). The SMILES string of the molecule is Nn1c(SCC(=O)N(Cc2ccccc2)Cc2ccco2)nnc1-c1ccco1. The standard InChI is InChI=1S/C20H19N5O3S/c21-25-19(17-9-5-11-28-17)22-23-20(25)29-14-18(26)24(13-16-8-4-10-27-16)12-15-6-2-1-3-7-15/h1-11H,12-14,21H2. The van der Waals surface area contributed by atoms with Crippen molar-refractivity contribution in [1.82, 2.24) is 19.8 Å². The normalized spacial score (nSPS) is 10.9. The van der Waals surface area contributed by atoms with Crippen LogP contribution in [0.5, 0.6) is 0 Å². The zero-order valence-electron chi connectivity index (χ0n) is 15.5. The van der Waals surface area contributed by atoms with Gasteiger partial charge in [0.25, 0.3) is 0 Å². The number of thioether (sulfide) groups is 1. The van der Waals surface area contributed by atoms with Gasteiger partial charge < -0.3 is 19.6 Å². The van der Waals surface area contributed by atoms with E-state index in [0.29, 0.717) is 29.8 Å². The summed E-state index contributed by atoms with van der Waals surface area (Å²) in [4.78, 5) is 14.7. The van der Waals surface area contributed by atoms with Gasteiger partial charge in [-0.25, -0.2) is 4.68 Å². The minimum Gasteiger partial charge on any atom is -0.467 e. The molecular formula is C20H19N5O3S. The summed E-state index contributed by atoms with van der Waals surface area (Å²) in [6.45, 7) is 0.863. The molecule has 0 aliphatic heterocycles. The minimum absolute atomic E-state index is 0.0576. The molecule has 0 spiro atoms. The van der Waals surface area contributed by atoms with E-state index in [1.807, 2.05) is 42.5 Å². The molecule has 8 nitrogen and oxygen atoms in total. The maximum absolute atomic E-state index is 12.9. The van der Waals surface area contributed by atoms with Gasteiger partial charge >= 0.3 is 0 Å². The first-order valence-electron chi connectivity index (χ1n) is 8.92. The lowest BCUT2D eigenvalue weighted by Gasteiger charge is -2.21. The largest absolute Gasteiger partial charge is 0.467 e. The predicted octanol–water partition coefficient (Wildman–Crippen LogP) is 3.17. The molecule has 0 unspecified atom stereocenters. The lowest BCUT2D eigenvalue weighted by Crippen LogP contribution is -2.31. The molecule has 0 aliphatic rings. The van der Waals surface area contributed by atoms with Gasteiger partial charge in [-0.05, 0) is 29.8 Å². The van der Waals surface area contributed by atoms with E-state index in [1.165, 1.54) is 22.7 Å². The smallest absolute Gasteiger partial charge is 0.233 e. The van der Waals surface area contributed by atoms with Crippen molar-refractivity contribution in [1.29, 1.82) is 0 Å².